The summed E-state index contributed by atoms with van der Waals surface area (Å²) in [5.74, 6) is 0.891. The minimum absolute atomic E-state index is 0.0353. The Morgan fingerprint density at radius 3 is 2.78 bits per heavy atom. The number of hydrogen-bond acceptors (Lipinski definition) is 6. The van der Waals surface area contributed by atoms with Gasteiger partial charge in [0.2, 0.25) is 5.91 Å². The van der Waals surface area contributed by atoms with E-state index >= 15 is 0 Å². The summed E-state index contributed by atoms with van der Waals surface area (Å²) in [5, 5.41) is 8.79. The number of aryl methyl sites for hydroxylation is 2. The van der Waals surface area contributed by atoms with Crippen LogP contribution in [0.5, 0.6) is 0 Å². The number of morpholine rings is 1. The zero-order chi connectivity index (χ0) is 24.6. The number of fused-ring (bicyclic) bond motifs is 4. The Morgan fingerprint density at radius 2 is 1.92 bits per heavy atom. The van der Waals surface area contributed by atoms with Gasteiger partial charge < -0.3 is 15.0 Å². The van der Waals surface area contributed by atoms with Crippen molar-refractivity contribution in [2.24, 2.45) is 0 Å². The molecule has 36 heavy (non-hydrogen) atoms. The molecule has 0 spiro atoms. The molecule has 9 heteroatoms. The summed E-state index contributed by atoms with van der Waals surface area (Å²) in [6.07, 6.45) is 0.956. The highest BCUT2D eigenvalue weighted by molar-refractivity contribution is 5.94. The quantitative estimate of drug-likeness (QED) is 0.381. The molecule has 4 heterocycles. The summed E-state index contributed by atoms with van der Waals surface area (Å²) >= 11 is 0. The molecule has 0 atom stereocenters. The van der Waals surface area contributed by atoms with Crippen molar-refractivity contribution in [3.8, 4) is 0 Å². The van der Waals surface area contributed by atoms with E-state index in [4.69, 9.17) is 19.8 Å². The van der Waals surface area contributed by atoms with Gasteiger partial charge in [0.15, 0.2) is 5.65 Å². The summed E-state index contributed by atoms with van der Waals surface area (Å²) in [5.41, 5.74) is 7.37. The second-order valence-electron chi connectivity index (χ2n) is 9.37. The number of carbonyl (C=O) groups excluding carboxylic acids is 1. The van der Waals surface area contributed by atoms with E-state index in [-0.39, 0.29) is 5.91 Å². The third-order valence-electron chi connectivity index (χ3n) is 6.91. The zero-order valence-corrected chi connectivity index (χ0v) is 20.5. The fraction of sp³-hybridized carbons (Fsp3) is 0.333. The highest BCUT2D eigenvalue weighted by Crippen LogP contribution is 2.23. The number of aromatic nitrogens is 5. The lowest BCUT2D eigenvalue weighted by Crippen LogP contribution is -2.35. The molecule has 1 amide bonds. The Kier molecular flexibility index (Phi) is 5.86. The predicted octanol–water partition coefficient (Wildman–Crippen LogP) is 3.78. The van der Waals surface area contributed by atoms with Gasteiger partial charge in [0.05, 0.1) is 36.3 Å². The van der Waals surface area contributed by atoms with Crippen LogP contribution in [0.1, 0.15) is 29.2 Å². The summed E-state index contributed by atoms with van der Waals surface area (Å²) in [4.78, 5) is 28.0. The standard InChI is InChI=1S/C27H29N7O2/c1-17-20(18(2)34-27(28-17)21-5-3-4-6-22(21)32-34)8-10-26(35)29-19-7-9-23-24(15-19)31-25(30-23)16-33-11-13-36-14-12-33/h3-7,9,15H,8,10-14,16H2,1-2H3,(H,29,35)(H,30,31). The third kappa shape index (κ3) is 4.31. The lowest BCUT2D eigenvalue weighted by molar-refractivity contribution is -0.116. The van der Waals surface area contributed by atoms with Crippen LogP contribution >= 0.6 is 0 Å². The van der Waals surface area contributed by atoms with Gasteiger partial charge in [-0.3, -0.25) is 9.69 Å². The Labute approximate surface area is 208 Å². The first-order valence-electron chi connectivity index (χ1n) is 12.4. The van der Waals surface area contributed by atoms with Gasteiger partial charge in [0.1, 0.15) is 5.82 Å². The van der Waals surface area contributed by atoms with Crippen molar-refractivity contribution < 1.29 is 9.53 Å². The van der Waals surface area contributed by atoms with Crippen molar-refractivity contribution in [1.29, 1.82) is 0 Å². The van der Waals surface area contributed by atoms with Crippen LogP contribution in [-0.2, 0) is 22.5 Å². The molecule has 0 aliphatic carbocycles. The van der Waals surface area contributed by atoms with Crippen molar-refractivity contribution in [2.75, 3.05) is 31.6 Å². The van der Waals surface area contributed by atoms with Gasteiger partial charge in [-0.25, -0.2) is 14.5 Å². The molecule has 2 aromatic carbocycles. The van der Waals surface area contributed by atoms with Crippen molar-refractivity contribution in [3.05, 3.63) is 65.2 Å². The van der Waals surface area contributed by atoms with E-state index in [0.717, 1.165) is 88.9 Å². The van der Waals surface area contributed by atoms with E-state index in [1.165, 1.54) is 0 Å². The van der Waals surface area contributed by atoms with Crippen LogP contribution in [-0.4, -0.2) is 61.7 Å². The second kappa shape index (κ2) is 9.33. The number of anilines is 1. The average molecular weight is 484 g/mol. The summed E-state index contributed by atoms with van der Waals surface area (Å²) in [6, 6.07) is 13.8. The molecule has 0 radical (unpaired) electrons. The highest BCUT2D eigenvalue weighted by atomic mass is 16.5. The van der Waals surface area contributed by atoms with E-state index in [1.54, 1.807) is 0 Å². The first-order chi connectivity index (χ1) is 17.5. The second-order valence-corrected chi connectivity index (χ2v) is 9.37. The molecule has 1 saturated heterocycles. The van der Waals surface area contributed by atoms with Gasteiger partial charge >= 0.3 is 0 Å². The number of amides is 1. The summed E-state index contributed by atoms with van der Waals surface area (Å²) < 4.78 is 7.32. The molecule has 2 N–H and O–H groups in total. The molecule has 0 saturated carbocycles. The Hall–Kier alpha value is -3.82. The Morgan fingerprint density at radius 1 is 1.08 bits per heavy atom. The summed E-state index contributed by atoms with van der Waals surface area (Å²) in [7, 11) is 0. The number of H-pyrrole nitrogens is 1. The molecule has 3 aromatic heterocycles. The number of carbonyl (C=O) groups is 1. The molecule has 6 rings (SSSR count). The van der Waals surface area contributed by atoms with Crippen LogP contribution < -0.4 is 5.32 Å². The lowest BCUT2D eigenvalue weighted by Gasteiger charge is -2.25. The molecule has 0 bridgehead atoms. The Balaban J connectivity index is 1.14. The average Bonchev–Trinajstić information content (AvgIpc) is 3.45. The number of nitrogens with zero attached hydrogens (tertiary/aromatic N) is 5. The maximum atomic E-state index is 12.8. The Bertz CT molecular complexity index is 1580. The van der Waals surface area contributed by atoms with Crippen LogP contribution in [0.25, 0.3) is 27.6 Å². The number of ether oxygens (including phenoxy) is 1. The molecule has 1 aliphatic rings. The lowest BCUT2D eigenvalue weighted by atomic mass is 10.1. The predicted molar refractivity (Wildman–Crippen MR) is 139 cm³/mol. The number of imidazole rings is 1. The number of aromatic amines is 1. The highest BCUT2D eigenvalue weighted by Gasteiger charge is 2.16. The van der Waals surface area contributed by atoms with Crippen molar-refractivity contribution in [2.45, 2.75) is 33.2 Å². The smallest absolute Gasteiger partial charge is 0.224 e. The minimum atomic E-state index is -0.0353. The molecule has 5 aromatic rings. The van der Waals surface area contributed by atoms with E-state index in [2.05, 4.69) is 15.2 Å². The number of nitrogens with one attached hydrogen (secondary N) is 2. The number of benzene rings is 2. The first kappa shape index (κ1) is 22.6. The SMILES string of the molecule is Cc1nc2c3ccccc3nn2c(C)c1CCC(=O)Nc1ccc2nc(CN3CCOCC3)[nH]c2c1. The van der Waals surface area contributed by atoms with Crippen LogP contribution in [0.15, 0.2) is 42.5 Å². The molecule has 1 aliphatic heterocycles. The van der Waals surface area contributed by atoms with Crippen LogP contribution in [0.2, 0.25) is 0 Å². The van der Waals surface area contributed by atoms with Crippen LogP contribution in [0.4, 0.5) is 5.69 Å². The monoisotopic (exact) mass is 483 g/mol. The molecule has 9 nitrogen and oxygen atoms in total. The third-order valence-corrected chi connectivity index (χ3v) is 6.91. The van der Waals surface area contributed by atoms with E-state index in [1.807, 2.05) is 60.8 Å². The normalized spacial score (nSPS) is 14.7. The fourth-order valence-electron chi connectivity index (χ4n) is 4.99. The maximum Gasteiger partial charge on any atom is 0.224 e. The van der Waals surface area contributed by atoms with Gasteiger partial charge in [0, 0.05) is 42.0 Å². The van der Waals surface area contributed by atoms with E-state index < -0.39 is 0 Å². The number of hydrogen-bond donors (Lipinski definition) is 2. The molecular formula is C27H29N7O2. The van der Waals surface area contributed by atoms with Crippen molar-refractivity contribution in [3.63, 3.8) is 0 Å². The van der Waals surface area contributed by atoms with Gasteiger partial charge in [-0.15, -0.1) is 0 Å². The van der Waals surface area contributed by atoms with Gasteiger partial charge in [-0.1, -0.05) is 12.1 Å². The van der Waals surface area contributed by atoms with Gasteiger partial charge in [0.25, 0.3) is 0 Å². The van der Waals surface area contributed by atoms with E-state index in [9.17, 15) is 4.79 Å². The number of rotatable bonds is 6. The minimum Gasteiger partial charge on any atom is -0.379 e. The first-order valence-corrected chi connectivity index (χ1v) is 12.4. The topological polar surface area (TPSA) is 100 Å². The van der Waals surface area contributed by atoms with Gasteiger partial charge in [-0.2, -0.15) is 5.10 Å². The van der Waals surface area contributed by atoms with E-state index in [0.29, 0.717) is 12.8 Å². The molecule has 184 valence electrons. The van der Waals surface area contributed by atoms with Crippen LogP contribution in [0, 0.1) is 13.8 Å². The molecule has 0 unspecified atom stereocenters. The van der Waals surface area contributed by atoms with Gasteiger partial charge in [-0.05, 0) is 56.2 Å². The fourth-order valence-corrected chi connectivity index (χ4v) is 4.99. The van der Waals surface area contributed by atoms with Crippen molar-refractivity contribution >= 4 is 39.2 Å². The van der Waals surface area contributed by atoms with Crippen LogP contribution in [0.3, 0.4) is 0 Å². The largest absolute Gasteiger partial charge is 0.379 e. The zero-order valence-electron chi connectivity index (χ0n) is 20.5. The molecular weight excluding hydrogens is 454 g/mol. The summed E-state index contributed by atoms with van der Waals surface area (Å²) in [6.45, 7) is 8.16. The maximum absolute atomic E-state index is 12.8. The van der Waals surface area contributed by atoms with Crippen molar-refractivity contribution in [1.82, 2.24) is 29.5 Å². The molecule has 1 fully saturated rings.